The zero-order valence-electron chi connectivity index (χ0n) is 17.3. The Labute approximate surface area is 195 Å². The summed E-state index contributed by atoms with van der Waals surface area (Å²) in [6.45, 7) is -0.128. The van der Waals surface area contributed by atoms with Crippen molar-refractivity contribution < 1.29 is 22.7 Å². The van der Waals surface area contributed by atoms with Gasteiger partial charge in [0.15, 0.2) is 0 Å². The molecule has 0 saturated heterocycles. The molecule has 34 heavy (non-hydrogen) atoms. The normalized spacial score (nSPS) is 10.9. The van der Waals surface area contributed by atoms with E-state index in [2.05, 4.69) is 20.2 Å². The van der Waals surface area contributed by atoms with E-state index in [-0.39, 0.29) is 58.0 Å². The summed E-state index contributed by atoms with van der Waals surface area (Å²) in [6, 6.07) is 10.7. The Hall–Kier alpha value is -3.96. The van der Waals surface area contributed by atoms with Crippen LogP contribution in [0, 0.1) is 17.5 Å². The molecule has 4 aromatic rings. The first-order valence-corrected chi connectivity index (χ1v) is 10.2. The number of carbonyl (C=O) groups is 1. The molecular formula is C22H16ClF3N6O2. The van der Waals surface area contributed by atoms with Crippen LogP contribution in [0.3, 0.4) is 0 Å². The minimum Gasteiger partial charge on any atom is -0.473 e. The van der Waals surface area contributed by atoms with Crippen LogP contribution in [0.4, 0.5) is 13.2 Å². The van der Waals surface area contributed by atoms with E-state index in [9.17, 15) is 18.0 Å². The number of amides is 1. The maximum absolute atomic E-state index is 14.8. The molecule has 0 unspecified atom stereocenters. The highest BCUT2D eigenvalue weighted by molar-refractivity contribution is 6.30. The molecule has 0 aliphatic carbocycles. The largest absolute Gasteiger partial charge is 0.473 e. The summed E-state index contributed by atoms with van der Waals surface area (Å²) < 4.78 is 49.0. The van der Waals surface area contributed by atoms with Crippen LogP contribution < -0.4 is 16.0 Å². The van der Waals surface area contributed by atoms with Crippen LogP contribution in [0.15, 0.2) is 48.5 Å². The van der Waals surface area contributed by atoms with Gasteiger partial charge in [0, 0.05) is 28.6 Å². The van der Waals surface area contributed by atoms with Crippen LogP contribution in [0.1, 0.15) is 27.6 Å². The first-order valence-electron chi connectivity index (χ1n) is 9.78. The number of ether oxygens (including phenoxy) is 1. The maximum Gasteiger partial charge on any atom is 0.304 e. The number of rotatable bonds is 7. The van der Waals surface area contributed by atoms with Gasteiger partial charge in [-0.1, -0.05) is 23.7 Å². The Morgan fingerprint density at radius 3 is 2.59 bits per heavy atom. The molecule has 1 amide bonds. The molecule has 12 heteroatoms. The van der Waals surface area contributed by atoms with E-state index in [4.69, 9.17) is 22.2 Å². The van der Waals surface area contributed by atoms with E-state index < -0.39 is 23.4 Å². The number of halogens is 4. The molecule has 174 valence electrons. The van der Waals surface area contributed by atoms with Gasteiger partial charge in [-0.15, -0.1) is 5.10 Å². The third-order valence-electron chi connectivity index (χ3n) is 4.75. The molecular weight excluding hydrogens is 473 g/mol. The third kappa shape index (κ3) is 5.16. The van der Waals surface area contributed by atoms with Crippen molar-refractivity contribution in [2.75, 3.05) is 0 Å². The quantitative estimate of drug-likeness (QED) is 0.207. The van der Waals surface area contributed by atoms with E-state index in [0.717, 1.165) is 18.2 Å². The van der Waals surface area contributed by atoms with Gasteiger partial charge in [-0.25, -0.2) is 29.0 Å². The van der Waals surface area contributed by atoms with E-state index in [1.807, 2.05) is 5.43 Å². The van der Waals surface area contributed by atoms with Gasteiger partial charge in [0.25, 0.3) is 0 Å². The lowest BCUT2D eigenvalue weighted by molar-refractivity contribution is 0.0943. The number of benzene rings is 2. The molecule has 8 nitrogen and oxygen atoms in total. The molecule has 0 atom stereocenters. The summed E-state index contributed by atoms with van der Waals surface area (Å²) in [5.41, 5.74) is 2.15. The van der Waals surface area contributed by atoms with Gasteiger partial charge in [-0.2, -0.15) is 0 Å². The fourth-order valence-electron chi connectivity index (χ4n) is 3.08. The fraction of sp³-hybridized carbons (Fsp3) is 0.0909. The fourth-order valence-corrected chi connectivity index (χ4v) is 3.24. The molecule has 0 aliphatic heterocycles. The number of H-pyrrole nitrogens is 1. The monoisotopic (exact) mass is 488 g/mol. The van der Waals surface area contributed by atoms with Gasteiger partial charge in [0.05, 0.1) is 5.69 Å². The second-order valence-electron chi connectivity index (χ2n) is 7.06. The number of carbonyl (C=O) groups excluding carboxylic acids is 1. The van der Waals surface area contributed by atoms with Gasteiger partial charge in [0.2, 0.25) is 11.7 Å². The molecule has 2 aromatic heterocycles. The van der Waals surface area contributed by atoms with Crippen molar-refractivity contribution >= 4 is 17.5 Å². The molecule has 0 aliphatic rings. The lowest BCUT2D eigenvalue weighted by Crippen LogP contribution is -2.30. The Bertz CT molecular complexity index is 1360. The van der Waals surface area contributed by atoms with Crippen molar-refractivity contribution in [2.24, 2.45) is 5.84 Å². The van der Waals surface area contributed by atoms with Crippen molar-refractivity contribution in [1.29, 1.82) is 0 Å². The van der Waals surface area contributed by atoms with E-state index in [1.165, 1.54) is 24.3 Å². The Balaban J connectivity index is 1.52. The highest BCUT2D eigenvalue weighted by Crippen LogP contribution is 2.27. The summed E-state index contributed by atoms with van der Waals surface area (Å²) in [4.78, 5) is 19.5. The van der Waals surface area contributed by atoms with Crippen LogP contribution in [0.2, 0.25) is 5.02 Å². The molecule has 0 bridgehead atoms. The van der Waals surface area contributed by atoms with Crippen molar-refractivity contribution in [3.05, 3.63) is 93.8 Å². The van der Waals surface area contributed by atoms with Gasteiger partial charge >= 0.3 is 5.91 Å². The first kappa shape index (κ1) is 23.2. The third-order valence-corrected chi connectivity index (χ3v) is 4.99. The number of hydrogen-bond acceptors (Lipinski definition) is 6. The standard InChI is InChI=1S/C22H16ClF3N6O2/c23-13-5-4-11(15(24)8-13)10-34-20-3-1-2-18(28-20)14-9-16(25)12(6-17(14)26)7-19-29-21(32-31-19)22(33)30-27/h1-6,8-9H,7,10,27H2,(H,30,33)(H,29,31,32). The summed E-state index contributed by atoms with van der Waals surface area (Å²) in [7, 11) is 0. The average molecular weight is 489 g/mol. The smallest absolute Gasteiger partial charge is 0.304 e. The highest BCUT2D eigenvalue weighted by Gasteiger charge is 2.17. The Morgan fingerprint density at radius 2 is 1.82 bits per heavy atom. The second-order valence-corrected chi connectivity index (χ2v) is 7.50. The molecule has 4 rings (SSSR count). The van der Waals surface area contributed by atoms with Crippen molar-refractivity contribution in [3.8, 4) is 17.1 Å². The van der Waals surface area contributed by atoms with Gasteiger partial charge in [-0.3, -0.25) is 15.3 Å². The summed E-state index contributed by atoms with van der Waals surface area (Å²) >= 11 is 5.74. The topological polar surface area (TPSA) is 119 Å². The molecule has 0 spiro atoms. The van der Waals surface area contributed by atoms with E-state index >= 15 is 0 Å². The number of hydrogen-bond donors (Lipinski definition) is 3. The van der Waals surface area contributed by atoms with Crippen LogP contribution in [0.5, 0.6) is 5.88 Å². The van der Waals surface area contributed by atoms with E-state index in [1.54, 1.807) is 6.07 Å². The van der Waals surface area contributed by atoms with Gasteiger partial charge < -0.3 is 4.74 Å². The SMILES string of the molecule is NNC(=O)c1n[nH]c(Cc2cc(F)c(-c3cccc(OCc4ccc(Cl)cc4F)n3)cc2F)n1. The number of nitrogens with zero attached hydrogens (tertiary/aromatic N) is 3. The first-order chi connectivity index (χ1) is 16.3. The number of hydrazine groups is 1. The van der Waals surface area contributed by atoms with E-state index in [0.29, 0.717) is 0 Å². The lowest BCUT2D eigenvalue weighted by atomic mass is 10.0. The van der Waals surface area contributed by atoms with Crippen molar-refractivity contribution in [1.82, 2.24) is 25.6 Å². The highest BCUT2D eigenvalue weighted by atomic mass is 35.5. The van der Waals surface area contributed by atoms with Crippen molar-refractivity contribution in [3.63, 3.8) is 0 Å². The molecule has 0 fully saturated rings. The predicted molar refractivity (Wildman–Crippen MR) is 116 cm³/mol. The Morgan fingerprint density at radius 1 is 1.03 bits per heavy atom. The number of aromatic amines is 1. The number of pyridine rings is 1. The van der Waals surface area contributed by atoms with Crippen LogP contribution >= 0.6 is 11.6 Å². The lowest BCUT2D eigenvalue weighted by Gasteiger charge is -2.10. The minimum atomic E-state index is -0.732. The molecule has 2 heterocycles. The number of nitrogens with two attached hydrogens (primary N) is 1. The molecule has 0 saturated carbocycles. The van der Waals surface area contributed by atoms with Crippen LogP contribution in [-0.2, 0) is 13.0 Å². The number of nitrogens with one attached hydrogen (secondary N) is 2. The summed E-state index contributed by atoms with van der Waals surface area (Å²) in [5, 5.41) is 6.39. The van der Waals surface area contributed by atoms with Crippen LogP contribution in [-0.4, -0.2) is 26.1 Å². The minimum absolute atomic E-state index is 0.0114. The predicted octanol–water partition coefficient (Wildman–Crippen LogP) is 3.71. The second kappa shape index (κ2) is 9.89. The zero-order chi connectivity index (χ0) is 24.2. The summed E-state index contributed by atoms with van der Waals surface area (Å²) in [6.07, 6.45) is -0.142. The van der Waals surface area contributed by atoms with Crippen LogP contribution in [0.25, 0.3) is 11.3 Å². The number of aromatic nitrogens is 4. The van der Waals surface area contributed by atoms with Gasteiger partial charge in [0.1, 0.15) is 29.9 Å². The molecule has 4 N–H and O–H groups in total. The van der Waals surface area contributed by atoms with Crippen molar-refractivity contribution in [2.45, 2.75) is 13.0 Å². The molecule has 2 aromatic carbocycles. The zero-order valence-corrected chi connectivity index (χ0v) is 18.0. The van der Waals surface area contributed by atoms with Gasteiger partial charge in [-0.05, 0) is 35.9 Å². The summed E-state index contributed by atoms with van der Waals surface area (Å²) in [5.74, 6) is 2.33. The average Bonchev–Trinajstić information content (AvgIpc) is 3.29. The number of nitrogen functional groups attached to an aromatic ring is 1. The Kier molecular flexibility index (Phi) is 6.75. The molecule has 0 radical (unpaired) electrons. The maximum atomic E-state index is 14.8.